The molecular formula is C12H8BrN5S. The Hall–Kier alpha value is -1.86. The molecule has 3 heterocycles. The van der Waals surface area contributed by atoms with Crippen molar-refractivity contribution in [1.82, 2.24) is 19.9 Å². The summed E-state index contributed by atoms with van der Waals surface area (Å²) in [6.07, 6.45) is 5.10. The molecule has 19 heavy (non-hydrogen) atoms. The van der Waals surface area contributed by atoms with Crippen molar-refractivity contribution in [2.24, 2.45) is 0 Å². The van der Waals surface area contributed by atoms with Gasteiger partial charge in [0.2, 0.25) is 5.95 Å². The number of hydrogen-bond donors (Lipinski definition) is 1. The van der Waals surface area contributed by atoms with Crippen LogP contribution in [0, 0.1) is 0 Å². The van der Waals surface area contributed by atoms with Crippen molar-refractivity contribution < 1.29 is 0 Å². The summed E-state index contributed by atoms with van der Waals surface area (Å²) in [5.74, 6) is 0.524. The molecule has 94 valence electrons. The molecule has 0 unspecified atom stereocenters. The third-order valence-corrected chi connectivity index (χ3v) is 3.90. The van der Waals surface area contributed by atoms with Crippen LogP contribution in [0.5, 0.6) is 0 Å². The quantitative estimate of drug-likeness (QED) is 0.794. The van der Waals surface area contributed by atoms with Crippen molar-refractivity contribution in [3.63, 3.8) is 0 Å². The number of anilines is 2. The van der Waals surface area contributed by atoms with Crippen LogP contribution in [0.2, 0.25) is 0 Å². The molecule has 0 saturated carbocycles. The Balaban J connectivity index is 1.90. The van der Waals surface area contributed by atoms with Crippen molar-refractivity contribution in [2.45, 2.75) is 0 Å². The molecule has 0 saturated heterocycles. The molecule has 1 N–H and O–H groups in total. The summed E-state index contributed by atoms with van der Waals surface area (Å²) < 4.78 is 0.921. The zero-order valence-electron chi connectivity index (χ0n) is 9.62. The number of thiazole rings is 1. The summed E-state index contributed by atoms with van der Waals surface area (Å²) in [6, 6.07) is 7.49. The minimum Gasteiger partial charge on any atom is -0.300 e. The van der Waals surface area contributed by atoms with Crippen molar-refractivity contribution in [3.8, 4) is 11.4 Å². The van der Waals surface area contributed by atoms with Gasteiger partial charge in [0.1, 0.15) is 9.48 Å². The first-order valence-corrected chi connectivity index (χ1v) is 7.05. The normalized spacial score (nSPS) is 10.4. The first-order chi connectivity index (χ1) is 9.33. The number of nitrogens with zero attached hydrogens (tertiary/aromatic N) is 4. The fourth-order valence-corrected chi connectivity index (χ4v) is 2.92. The Morgan fingerprint density at radius 1 is 1.00 bits per heavy atom. The molecule has 0 aromatic carbocycles. The van der Waals surface area contributed by atoms with E-state index in [0.29, 0.717) is 5.95 Å². The predicted octanol–water partition coefficient (Wildman–Crippen LogP) is 3.50. The van der Waals surface area contributed by atoms with Crippen LogP contribution in [0.15, 0.2) is 46.6 Å². The van der Waals surface area contributed by atoms with E-state index in [2.05, 4.69) is 41.2 Å². The summed E-state index contributed by atoms with van der Waals surface area (Å²) in [5.41, 5.74) is 1.64. The van der Waals surface area contributed by atoms with Crippen LogP contribution in [0.4, 0.5) is 11.1 Å². The van der Waals surface area contributed by atoms with E-state index in [9.17, 15) is 0 Å². The van der Waals surface area contributed by atoms with Crippen molar-refractivity contribution >= 4 is 38.3 Å². The predicted molar refractivity (Wildman–Crippen MR) is 78.4 cm³/mol. The van der Waals surface area contributed by atoms with Crippen molar-refractivity contribution in [2.75, 3.05) is 5.32 Å². The molecule has 0 spiro atoms. The van der Waals surface area contributed by atoms with Crippen LogP contribution >= 0.6 is 27.3 Å². The maximum Gasteiger partial charge on any atom is 0.228 e. The van der Waals surface area contributed by atoms with Crippen LogP contribution in [0.25, 0.3) is 11.4 Å². The number of aromatic nitrogens is 4. The second-order valence-corrected chi connectivity index (χ2v) is 5.87. The molecule has 0 bridgehead atoms. The Morgan fingerprint density at radius 2 is 1.79 bits per heavy atom. The molecular weight excluding hydrogens is 326 g/mol. The van der Waals surface area contributed by atoms with Gasteiger partial charge in [-0.25, -0.2) is 15.0 Å². The van der Waals surface area contributed by atoms with Gasteiger partial charge in [-0.05, 0) is 34.1 Å². The average Bonchev–Trinajstić information content (AvgIpc) is 2.82. The summed E-state index contributed by atoms with van der Waals surface area (Å²) >= 11 is 4.98. The fourth-order valence-electron chi connectivity index (χ4n) is 1.48. The molecule has 3 aromatic rings. The molecule has 0 aliphatic rings. The highest BCUT2D eigenvalue weighted by Gasteiger charge is 2.12. The highest BCUT2D eigenvalue weighted by Crippen LogP contribution is 2.35. The van der Waals surface area contributed by atoms with Crippen LogP contribution in [-0.4, -0.2) is 19.9 Å². The van der Waals surface area contributed by atoms with Gasteiger partial charge in [0.25, 0.3) is 0 Å². The third kappa shape index (κ3) is 2.77. The van der Waals surface area contributed by atoms with Gasteiger partial charge in [-0.3, -0.25) is 10.3 Å². The van der Waals surface area contributed by atoms with E-state index < -0.39 is 0 Å². The lowest BCUT2D eigenvalue weighted by Gasteiger charge is -1.98. The molecule has 0 amide bonds. The number of rotatable bonds is 3. The van der Waals surface area contributed by atoms with Crippen LogP contribution in [-0.2, 0) is 0 Å². The lowest BCUT2D eigenvalue weighted by molar-refractivity contribution is 1.16. The van der Waals surface area contributed by atoms with E-state index in [-0.39, 0.29) is 0 Å². The highest BCUT2D eigenvalue weighted by molar-refractivity contribution is 9.11. The summed E-state index contributed by atoms with van der Waals surface area (Å²) in [6.45, 7) is 0. The zero-order chi connectivity index (χ0) is 13.1. The van der Waals surface area contributed by atoms with Crippen molar-refractivity contribution in [1.29, 1.82) is 0 Å². The van der Waals surface area contributed by atoms with Gasteiger partial charge < -0.3 is 0 Å². The summed E-state index contributed by atoms with van der Waals surface area (Å²) in [5, 5.41) is 3.78. The van der Waals surface area contributed by atoms with E-state index in [4.69, 9.17) is 0 Å². The third-order valence-electron chi connectivity index (χ3n) is 2.28. The van der Waals surface area contributed by atoms with Gasteiger partial charge in [0.05, 0.1) is 5.69 Å². The Bertz CT molecular complexity index is 671. The highest BCUT2D eigenvalue weighted by atomic mass is 79.9. The van der Waals surface area contributed by atoms with Gasteiger partial charge in [-0.15, -0.1) is 0 Å². The molecule has 0 aliphatic heterocycles. The van der Waals surface area contributed by atoms with Crippen LogP contribution < -0.4 is 5.32 Å². The largest absolute Gasteiger partial charge is 0.300 e. The minimum absolute atomic E-state index is 0.524. The first-order valence-electron chi connectivity index (χ1n) is 5.45. The monoisotopic (exact) mass is 333 g/mol. The van der Waals surface area contributed by atoms with Crippen molar-refractivity contribution in [3.05, 3.63) is 46.6 Å². The van der Waals surface area contributed by atoms with Gasteiger partial charge in [-0.2, -0.15) is 0 Å². The van der Waals surface area contributed by atoms with Gasteiger partial charge in [0.15, 0.2) is 5.13 Å². The van der Waals surface area contributed by atoms with E-state index >= 15 is 0 Å². The maximum absolute atomic E-state index is 4.49. The molecule has 0 atom stereocenters. The average molecular weight is 334 g/mol. The number of nitrogens with one attached hydrogen (secondary N) is 1. The first kappa shape index (κ1) is 12.2. The molecule has 3 aromatic heterocycles. The number of hydrogen-bond acceptors (Lipinski definition) is 6. The minimum atomic E-state index is 0.524. The SMILES string of the molecule is Brc1sc(Nc2ncccn2)nc1-c1ccccn1. The lowest BCUT2D eigenvalue weighted by Crippen LogP contribution is -1.95. The zero-order valence-corrected chi connectivity index (χ0v) is 12.0. The Labute approximate surface area is 121 Å². The molecule has 0 aliphatic carbocycles. The summed E-state index contributed by atoms with van der Waals surface area (Å²) in [7, 11) is 0. The van der Waals surface area contributed by atoms with Gasteiger partial charge in [-0.1, -0.05) is 17.4 Å². The molecule has 0 fully saturated rings. The molecule has 7 heteroatoms. The second kappa shape index (κ2) is 5.41. The molecule has 3 rings (SSSR count). The Kier molecular flexibility index (Phi) is 3.47. The number of pyridine rings is 1. The van der Waals surface area contributed by atoms with E-state index in [0.717, 1.165) is 20.3 Å². The lowest BCUT2D eigenvalue weighted by atomic mass is 10.3. The van der Waals surface area contributed by atoms with Gasteiger partial charge in [0, 0.05) is 18.6 Å². The molecule has 5 nitrogen and oxygen atoms in total. The topological polar surface area (TPSA) is 63.6 Å². The van der Waals surface area contributed by atoms with Crippen LogP contribution in [0.3, 0.4) is 0 Å². The van der Waals surface area contributed by atoms with E-state index in [1.807, 2.05) is 18.2 Å². The van der Waals surface area contributed by atoms with E-state index in [1.54, 1.807) is 24.7 Å². The smallest absolute Gasteiger partial charge is 0.228 e. The van der Waals surface area contributed by atoms with E-state index in [1.165, 1.54) is 11.3 Å². The Morgan fingerprint density at radius 3 is 2.53 bits per heavy atom. The molecule has 0 radical (unpaired) electrons. The van der Waals surface area contributed by atoms with Crippen LogP contribution in [0.1, 0.15) is 0 Å². The fraction of sp³-hybridized carbons (Fsp3) is 0. The summed E-state index contributed by atoms with van der Waals surface area (Å²) in [4.78, 5) is 17.0. The second-order valence-electron chi connectivity index (χ2n) is 3.55. The maximum atomic E-state index is 4.49. The van der Waals surface area contributed by atoms with Gasteiger partial charge >= 0.3 is 0 Å². The number of halogens is 1. The standard InChI is InChI=1S/C12H8BrN5S/c13-10-9(8-4-1-2-5-14-8)17-12(19-10)18-11-15-6-3-7-16-11/h1-7H,(H,15,16,17,18).